The normalized spacial score (nSPS) is 16.0. The van der Waals surface area contributed by atoms with Crippen LogP contribution < -0.4 is 10.1 Å². The molecule has 2 rings (SSSR count). The molecular formula is C18H23F2NO4. The Kier molecular flexibility index (Phi) is 7.63. The lowest BCUT2D eigenvalue weighted by molar-refractivity contribution is -0.125. The summed E-state index contributed by atoms with van der Waals surface area (Å²) in [5, 5.41) is 2.87. The second-order valence-electron chi connectivity index (χ2n) is 6.06. The van der Waals surface area contributed by atoms with Gasteiger partial charge in [0.25, 0.3) is 5.91 Å². The van der Waals surface area contributed by atoms with Crippen LogP contribution in [-0.4, -0.2) is 31.1 Å². The van der Waals surface area contributed by atoms with Gasteiger partial charge in [0, 0.05) is 6.04 Å². The molecular weight excluding hydrogens is 332 g/mol. The molecule has 25 heavy (non-hydrogen) atoms. The van der Waals surface area contributed by atoms with Crippen molar-refractivity contribution in [2.75, 3.05) is 6.61 Å². The van der Waals surface area contributed by atoms with E-state index in [4.69, 9.17) is 4.74 Å². The lowest BCUT2D eigenvalue weighted by Gasteiger charge is -2.21. The highest BCUT2D eigenvalue weighted by atomic mass is 19.3. The molecule has 0 unspecified atom stereocenters. The van der Waals surface area contributed by atoms with Crippen LogP contribution in [0.4, 0.5) is 8.78 Å². The van der Waals surface area contributed by atoms with Crippen molar-refractivity contribution in [3.05, 3.63) is 29.8 Å². The molecule has 0 spiro atoms. The summed E-state index contributed by atoms with van der Waals surface area (Å²) in [4.78, 5) is 24.0. The minimum atomic E-state index is -3.04. The van der Waals surface area contributed by atoms with Crippen LogP contribution >= 0.6 is 0 Å². The maximum Gasteiger partial charge on any atom is 0.387 e. The average Bonchev–Trinajstić information content (AvgIpc) is 2.55. The number of hydrogen-bond acceptors (Lipinski definition) is 4. The predicted octanol–water partition coefficient (Wildman–Crippen LogP) is 3.67. The third kappa shape index (κ3) is 6.68. The van der Waals surface area contributed by atoms with Gasteiger partial charge < -0.3 is 14.8 Å². The lowest BCUT2D eigenvalue weighted by atomic mass is 9.97. The molecule has 1 N–H and O–H groups in total. The topological polar surface area (TPSA) is 64.6 Å². The third-order valence-corrected chi connectivity index (χ3v) is 4.13. The fourth-order valence-corrected chi connectivity index (χ4v) is 2.91. The Morgan fingerprint density at radius 2 is 1.72 bits per heavy atom. The highest BCUT2D eigenvalue weighted by Gasteiger charge is 2.19. The van der Waals surface area contributed by atoms with Crippen molar-refractivity contribution >= 4 is 11.9 Å². The van der Waals surface area contributed by atoms with E-state index < -0.39 is 19.2 Å². The van der Waals surface area contributed by atoms with E-state index in [9.17, 15) is 18.4 Å². The minimum Gasteiger partial charge on any atom is -0.452 e. The fraction of sp³-hybridized carbons (Fsp3) is 0.556. The molecule has 0 aliphatic heterocycles. The van der Waals surface area contributed by atoms with E-state index in [1.807, 2.05) is 0 Å². The zero-order valence-electron chi connectivity index (χ0n) is 14.0. The Balaban J connectivity index is 1.83. The summed E-state index contributed by atoms with van der Waals surface area (Å²) in [7, 11) is 0. The van der Waals surface area contributed by atoms with Crippen LogP contribution in [0.3, 0.4) is 0 Å². The number of benzene rings is 1. The number of amides is 1. The molecule has 1 aliphatic rings. The summed E-state index contributed by atoms with van der Waals surface area (Å²) >= 11 is 0. The summed E-state index contributed by atoms with van der Waals surface area (Å²) in [5.74, 6) is -1.53. The van der Waals surface area contributed by atoms with E-state index in [0.717, 1.165) is 25.7 Å². The van der Waals surface area contributed by atoms with Gasteiger partial charge in [0.1, 0.15) is 11.3 Å². The fourth-order valence-electron chi connectivity index (χ4n) is 2.91. The Bertz CT molecular complexity index is 572. The van der Waals surface area contributed by atoms with Crippen LogP contribution in [0, 0.1) is 0 Å². The Hall–Kier alpha value is -2.18. The average molecular weight is 355 g/mol. The molecule has 0 saturated heterocycles. The van der Waals surface area contributed by atoms with Crippen LogP contribution in [-0.2, 0) is 9.53 Å². The van der Waals surface area contributed by atoms with Gasteiger partial charge in [-0.05, 0) is 25.0 Å². The van der Waals surface area contributed by atoms with Gasteiger partial charge in [-0.1, -0.05) is 44.2 Å². The van der Waals surface area contributed by atoms with Gasteiger partial charge in [0.2, 0.25) is 0 Å². The van der Waals surface area contributed by atoms with Crippen molar-refractivity contribution in [2.45, 2.75) is 57.6 Å². The molecule has 1 saturated carbocycles. The summed E-state index contributed by atoms with van der Waals surface area (Å²) in [6, 6.07) is 5.63. The smallest absolute Gasteiger partial charge is 0.387 e. The molecule has 0 bridgehead atoms. The first-order chi connectivity index (χ1) is 12.1. The summed E-state index contributed by atoms with van der Waals surface area (Å²) in [5.41, 5.74) is -0.137. The van der Waals surface area contributed by atoms with Crippen molar-refractivity contribution in [3.63, 3.8) is 0 Å². The summed E-state index contributed by atoms with van der Waals surface area (Å²) < 4.78 is 33.9. The maximum atomic E-state index is 12.4. The quantitative estimate of drug-likeness (QED) is 0.791. The van der Waals surface area contributed by atoms with Gasteiger partial charge in [-0.15, -0.1) is 0 Å². The zero-order valence-corrected chi connectivity index (χ0v) is 14.0. The number of halogens is 2. The number of carbonyl (C=O) groups excluding carboxylic acids is 2. The SMILES string of the molecule is O=C(COC(=O)c1ccccc1OC(F)F)NC1CCCCCCC1. The highest BCUT2D eigenvalue weighted by molar-refractivity contribution is 5.94. The highest BCUT2D eigenvalue weighted by Crippen LogP contribution is 2.21. The molecule has 1 aromatic carbocycles. The monoisotopic (exact) mass is 355 g/mol. The number of para-hydroxylation sites is 1. The molecule has 0 atom stereocenters. The number of carbonyl (C=O) groups is 2. The van der Waals surface area contributed by atoms with Gasteiger partial charge in [0.05, 0.1) is 0 Å². The molecule has 7 heteroatoms. The van der Waals surface area contributed by atoms with Gasteiger partial charge in [-0.25, -0.2) is 4.79 Å². The third-order valence-electron chi connectivity index (χ3n) is 4.13. The van der Waals surface area contributed by atoms with Crippen molar-refractivity contribution in [3.8, 4) is 5.75 Å². The number of hydrogen-bond donors (Lipinski definition) is 1. The van der Waals surface area contributed by atoms with E-state index in [2.05, 4.69) is 10.1 Å². The van der Waals surface area contributed by atoms with E-state index in [1.54, 1.807) is 0 Å². The van der Waals surface area contributed by atoms with Crippen LogP contribution in [0.2, 0.25) is 0 Å². The van der Waals surface area contributed by atoms with Gasteiger partial charge in [0.15, 0.2) is 6.61 Å². The van der Waals surface area contributed by atoms with Crippen LogP contribution in [0.25, 0.3) is 0 Å². The second kappa shape index (κ2) is 9.96. The molecule has 1 amide bonds. The molecule has 0 aromatic heterocycles. The minimum absolute atomic E-state index is 0.0981. The Morgan fingerprint density at radius 1 is 1.08 bits per heavy atom. The molecule has 1 aliphatic carbocycles. The second-order valence-corrected chi connectivity index (χ2v) is 6.06. The van der Waals surface area contributed by atoms with Crippen molar-refractivity contribution in [2.24, 2.45) is 0 Å². The van der Waals surface area contributed by atoms with Crippen molar-refractivity contribution in [1.82, 2.24) is 5.32 Å². The van der Waals surface area contributed by atoms with E-state index in [0.29, 0.717) is 0 Å². The van der Waals surface area contributed by atoms with Crippen LogP contribution in [0.1, 0.15) is 55.3 Å². The van der Waals surface area contributed by atoms with E-state index >= 15 is 0 Å². The van der Waals surface area contributed by atoms with Crippen molar-refractivity contribution in [1.29, 1.82) is 0 Å². The summed E-state index contributed by atoms with van der Waals surface area (Å²) in [6.07, 6.45) is 7.56. The van der Waals surface area contributed by atoms with Crippen LogP contribution in [0.15, 0.2) is 24.3 Å². The molecule has 1 fully saturated rings. The first-order valence-corrected chi connectivity index (χ1v) is 8.56. The van der Waals surface area contributed by atoms with Gasteiger partial charge >= 0.3 is 12.6 Å². The molecule has 5 nitrogen and oxygen atoms in total. The number of rotatable bonds is 6. The van der Waals surface area contributed by atoms with Gasteiger partial charge in [-0.2, -0.15) is 8.78 Å². The van der Waals surface area contributed by atoms with Crippen LogP contribution in [0.5, 0.6) is 5.75 Å². The standard InChI is InChI=1S/C18H23F2NO4/c19-18(20)25-15-11-7-6-10-14(15)17(23)24-12-16(22)21-13-8-4-2-1-3-5-9-13/h6-7,10-11,13,18H,1-5,8-9,12H2,(H,21,22). The lowest BCUT2D eigenvalue weighted by Crippen LogP contribution is -2.38. The number of nitrogens with one attached hydrogen (secondary N) is 1. The largest absolute Gasteiger partial charge is 0.452 e. The number of alkyl halides is 2. The Morgan fingerprint density at radius 3 is 2.40 bits per heavy atom. The van der Waals surface area contributed by atoms with Crippen molar-refractivity contribution < 1.29 is 27.8 Å². The first-order valence-electron chi connectivity index (χ1n) is 8.56. The molecule has 0 radical (unpaired) electrons. The molecule has 138 valence electrons. The zero-order chi connectivity index (χ0) is 18.1. The number of esters is 1. The predicted molar refractivity (Wildman–Crippen MR) is 87.6 cm³/mol. The van der Waals surface area contributed by atoms with Gasteiger partial charge in [-0.3, -0.25) is 4.79 Å². The molecule has 1 aromatic rings. The Labute approximate surface area is 145 Å². The van der Waals surface area contributed by atoms with E-state index in [-0.39, 0.29) is 23.3 Å². The number of ether oxygens (including phenoxy) is 2. The maximum absolute atomic E-state index is 12.4. The summed E-state index contributed by atoms with van der Waals surface area (Å²) in [6.45, 7) is -3.49. The molecule has 0 heterocycles. The van der Waals surface area contributed by atoms with E-state index in [1.165, 1.54) is 43.5 Å². The first kappa shape index (κ1) is 19.1.